The van der Waals surface area contributed by atoms with Crippen molar-refractivity contribution in [2.24, 2.45) is 0 Å². The van der Waals surface area contributed by atoms with Crippen LogP contribution in [0.1, 0.15) is 27.6 Å². The highest BCUT2D eigenvalue weighted by atomic mass is 16.6. The number of hydrogen-bond donors (Lipinski definition) is 2. The Bertz CT molecular complexity index is 1310. The van der Waals surface area contributed by atoms with E-state index in [9.17, 15) is 24.5 Å². The number of nitro groups is 1. The minimum Gasteiger partial charge on any atom is -0.495 e. The van der Waals surface area contributed by atoms with Crippen molar-refractivity contribution >= 4 is 29.2 Å². The van der Waals surface area contributed by atoms with Gasteiger partial charge in [-0.3, -0.25) is 24.5 Å². The zero-order valence-corrected chi connectivity index (χ0v) is 20.3. The van der Waals surface area contributed by atoms with Crippen molar-refractivity contribution in [1.82, 2.24) is 5.32 Å². The number of aryl methyl sites for hydroxylation is 1. The fourth-order valence-corrected chi connectivity index (χ4v) is 3.42. The van der Waals surface area contributed by atoms with Crippen LogP contribution in [0.3, 0.4) is 0 Å². The van der Waals surface area contributed by atoms with Gasteiger partial charge < -0.3 is 24.8 Å². The molecule has 0 saturated carbocycles. The molecule has 11 heteroatoms. The number of hydrogen-bond acceptors (Lipinski definition) is 8. The van der Waals surface area contributed by atoms with Gasteiger partial charge in [-0.1, -0.05) is 36.4 Å². The third-order valence-electron chi connectivity index (χ3n) is 5.23. The standard InChI is InChI=1S/C26H25N3O8/c1-16-9-11-21(35-2)19(13-16)28-26(32)24(17-7-5-4-6-8-17)37-23(30)15-27-25(31)18-10-12-22(36-3)20(14-18)29(33)34/h4-14,24H,15H2,1-3H3,(H,27,31)(H,28,32). The third kappa shape index (κ3) is 6.82. The van der Waals surface area contributed by atoms with Gasteiger partial charge in [0.15, 0.2) is 5.75 Å². The average Bonchev–Trinajstić information content (AvgIpc) is 2.90. The Kier molecular flexibility index (Phi) is 8.76. The van der Waals surface area contributed by atoms with Gasteiger partial charge in [-0.25, -0.2) is 0 Å². The maximum absolute atomic E-state index is 13.1. The Morgan fingerprint density at radius 3 is 2.27 bits per heavy atom. The Morgan fingerprint density at radius 1 is 0.946 bits per heavy atom. The van der Waals surface area contributed by atoms with Crippen LogP contribution < -0.4 is 20.1 Å². The molecular weight excluding hydrogens is 482 g/mol. The summed E-state index contributed by atoms with van der Waals surface area (Å²) < 4.78 is 15.6. The van der Waals surface area contributed by atoms with Crippen LogP contribution in [0.15, 0.2) is 66.7 Å². The average molecular weight is 507 g/mol. The molecule has 1 unspecified atom stereocenters. The first-order chi connectivity index (χ1) is 17.7. The molecule has 0 bridgehead atoms. The lowest BCUT2D eigenvalue weighted by atomic mass is 10.1. The first kappa shape index (κ1) is 26.7. The van der Waals surface area contributed by atoms with E-state index in [1.165, 1.54) is 26.4 Å². The summed E-state index contributed by atoms with van der Waals surface area (Å²) in [5.41, 5.74) is 1.25. The second-order valence-corrected chi connectivity index (χ2v) is 7.80. The Balaban J connectivity index is 1.73. The van der Waals surface area contributed by atoms with Gasteiger partial charge in [0, 0.05) is 17.2 Å². The molecule has 2 N–H and O–H groups in total. The zero-order chi connectivity index (χ0) is 26.9. The van der Waals surface area contributed by atoms with Crippen molar-refractivity contribution in [3.8, 4) is 11.5 Å². The van der Waals surface area contributed by atoms with Gasteiger partial charge in [0.25, 0.3) is 11.8 Å². The lowest BCUT2D eigenvalue weighted by Gasteiger charge is -2.19. The fourth-order valence-electron chi connectivity index (χ4n) is 3.42. The molecule has 192 valence electrons. The summed E-state index contributed by atoms with van der Waals surface area (Å²) in [5.74, 6) is -1.84. The number of nitro benzene ring substituents is 1. The molecule has 3 aromatic carbocycles. The maximum atomic E-state index is 13.1. The van der Waals surface area contributed by atoms with Crippen LogP contribution in [-0.2, 0) is 14.3 Å². The Hall–Kier alpha value is -4.93. The summed E-state index contributed by atoms with van der Waals surface area (Å²) >= 11 is 0. The SMILES string of the molecule is COc1ccc(C)cc1NC(=O)C(OC(=O)CNC(=O)c1ccc(OC)c([N+](=O)[O-])c1)c1ccccc1. The molecule has 11 nitrogen and oxygen atoms in total. The highest BCUT2D eigenvalue weighted by molar-refractivity contribution is 5.99. The quantitative estimate of drug-likeness (QED) is 0.241. The van der Waals surface area contributed by atoms with E-state index in [-0.39, 0.29) is 11.3 Å². The predicted molar refractivity (Wildman–Crippen MR) is 134 cm³/mol. The monoisotopic (exact) mass is 507 g/mol. The second-order valence-electron chi connectivity index (χ2n) is 7.80. The molecule has 0 spiro atoms. The summed E-state index contributed by atoms with van der Waals surface area (Å²) in [6, 6.07) is 17.3. The molecule has 3 rings (SSSR count). The van der Waals surface area contributed by atoms with Gasteiger partial charge in [0.2, 0.25) is 6.10 Å². The van der Waals surface area contributed by atoms with E-state index < -0.39 is 41.0 Å². The zero-order valence-electron chi connectivity index (χ0n) is 20.3. The van der Waals surface area contributed by atoms with E-state index in [2.05, 4.69) is 10.6 Å². The fraction of sp³-hybridized carbons (Fsp3) is 0.192. The van der Waals surface area contributed by atoms with Crippen LogP contribution in [-0.4, -0.2) is 43.5 Å². The summed E-state index contributed by atoms with van der Waals surface area (Å²) in [4.78, 5) is 48.7. The van der Waals surface area contributed by atoms with Gasteiger partial charge >= 0.3 is 11.7 Å². The molecule has 0 aliphatic carbocycles. The molecule has 37 heavy (non-hydrogen) atoms. The number of amides is 2. The van der Waals surface area contributed by atoms with Gasteiger partial charge in [0.1, 0.15) is 12.3 Å². The molecule has 0 aliphatic heterocycles. The van der Waals surface area contributed by atoms with Crippen molar-refractivity contribution in [3.63, 3.8) is 0 Å². The van der Waals surface area contributed by atoms with Crippen LogP contribution >= 0.6 is 0 Å². The number of carbonyl (C=O) groups is 3. The molecule has 3 aromatic rings. The van der Waals surface area contributed by atoms with E-state index >= 15 is 0 Å². The van der Waals surface area contributed by atoms with Crippen LogP contribution in [0.2, 0.25) is 0 Å². The number of ether oxygens (including phenoxy) is 3. The number of methoxy groups -OCH3 is 2. The summed E-state index contributed by atoms with van der Waals surface area (Å²) in [5, 5.41) is 16.3. The van der Waals surface area contributed by atoms with Crippen molar-refractivity contribution in [2.45, 2.75) is 13.0 Å². The summed E-state index contributed by atoms with van der Waals surface area (Å²) in [7, 11) is 2.74. The van der Waals surface area contributed by atoms with Crippen molar-refractivity contribution in [1.29, 1.82) is 0 Å². The molecule has 0 fully saturated rings. The predicted octanol–water partition coefficient (Wildman–Crippen LogP) is 3.57. The van der Waals surface area contributed by atoms with Crippen LogP contribution in [0.25, 0.3) is 0 Å². The van der Waals surface area contributed by atoms with Crippen LogP contribution in [0.5, 0.6) is 11.5 Å². The second kappa shape index (κ2) is 12.2. The lowest BCUT2D eigenvalue weighted by Crippen LogP contribution is -2.33. The number of rotatable bonds is 10. The third-order valence-corrected chi connectivity index (χ3v) is 5.23. The minimum atomic E-state index is -1.32. The van der Waals surface area contributed by atoms with Crippen LogP contribution in [0.4, 0.5) is 11.4 Å². The molecule has 0 heterocycles. The van der Waals surface area contributed by atoms with Gasteiger partial charge in [0.05, 0.1) is 24.8 Å². The number of benzene rings is 3. The molecule has 0 aliphatic rings. The highest BCUT2D eigenvalue weighted by Crippen LogP contribution is 2.29. The molecular formula is C26H25N3O8. The lowest BCUT2D eigenvalue weighted by molar-refractivity contribution is -0.385. The summed E-state index contributed by atoms with van der Waals surface area (Å²) in [6.45, 7) is 1.27. The maximum Gasteiger partial charge on any atom is 0.326 e. The van der Waals surface area contributed by atoms with Crippen LogP contribution in [0, 0.1) is 17.0 Å². The number of anilines is 1. The summed E-state index contributed by atoms with van der Waals surface area (Å²) in [6.07, 6.45) is -1.32. The number of carbonyl (C=O) groups excluding carboxylic acids is 3. The van der Waals surface area contributed by atoms with Crippen molar-refractivity contribution in [2.75, 3.05) is 26.1 Å². The first-order valence-electron chi connectivity index (χ1n) is 11.0. The number of esters is 1. The van der Waals surface area contributed by atoms with Gasteiger partial charge in [-0.15, -0.1) is 0 Å². The topological polar surface area (TPSA) is 146 Å². The normalized spacial score (nSPS) is 11.1. The molecule has 2 amide bonds. The number of nitrogens with zero attached hydrogens (tertiary/aromatic N) is 1. The molecule has 1 atom stereocenters. The largest absolute Gasteiger partial charge is 0.495 e. The van der Waals surface area contributed by atoms with E-state index in [0.29, 0.717) is 17.0 Å². The Labute approximate surface area is 212 Å². The minimum absolute atomic E-state index is 0.0112. The van der Waals surface area contributed by atoms with E-state index in [0.717, 1.165) is 11.6 Å². The molecule has 0 aromatic heterocycles. The molecule has 0 saturated heterocycles. The van der Waals surface area contributed by atoms with Gasteiger partial charge in [-0.2, -0.15) is 0 Å². The molecule has 0 radical (unpaired) electrons. The van der Waals surface area contributed by atoms with E-state index in [4.69, 9.17) is 14.2 Å². The number of nitrogens with one attached hydrogen (secondary N) is 2. The smallest absolute Gasteiger partial charge is 0.326 e. The first-order valence-corrected chi connectivity index (χ1v) is 11.0. The van der Waals surface area contributed by atoms with E-state index in [1.807, 2.05) is 13.0 Å². The van der Waals surface area contributed by atoms with Crippen molar-refractivity contribution in [3.05, 3.63) is 93.5 Å². The Morgan fingerprint density at radius 2 is 1.62 bits per heavy atom. The van der Waals surface area contributed by atoms with Crippen molar-refractivity contribution < 1.29 is 33.5 Å². The van der Waals surface area contributed by atoms with Gasteiger partial charge in [-0.05, 0) is 36.8 Å². The highest BCUT2D eigenvalue weighted by Gasteiger charge is 2.26. The van der Waals surface area contributed by atoms with E-state index in [1.54, 1.807) is 42.5 Å².